The summed E-state index contributed by atoms with van der Waals surface area (Å²) in [5.74, 6) is -0.107. The second kappa shape index (κ2) is 7.11. The molecule has 0 aromatic rings. The van der Waals surface area contributed by atoms with E-state index >= 15 is 0 Å². The molecule has 1 rings (SSSR count). The summed E-state index contributed by atoms with van der Waals surface area (Å²) in [5, 5.41) is 0. The molecule has 6 heteroatoms. The van der Waals surface area contributed by atoms with Gasteiger partial charge in [-0.2, -0.15) is 0 Å². The van der Waals surface area contributed by atoms with E-state index < -0.39 is 11.6 Å². The molecule has 0 aromatic carbocycles. The SMILES string of the molecule is CC(N)C(=O)N(C)CC1CCCCN1C(=O)OC(C)(C)C. The van der Waals surface area contributed by atoms with E-state index in [0.717, 1.165) is 19.3 Å². The van der Waals surface area contributed by atoms with Crippen LogP contribution in [0.4, 0.5) is 4.79 Å². The molecule has 6 nitrogen and oxygen atoms in total. The summed E-state index contributed by atoms with van der Waals surface area (Å²) in [4.78, 5) is 27.5. The van der Waals surface area contributed by atoms with Crippen LogP contribution in [0.5, 0.6) is 0 Å². The first kappa shape index (κ1) is 17.8. The molecule has 0 saturated carbocycles. The fraction of sp³-hybridized carbons (Fsp3) is 0.867. The minimum atomic E-state index is -0.520. The number of hydrogen-bond acceptors (Lipinski definition) is 4. The van der Waals surface area contributed by atoms with Crippen LogP contribution in [0.1, 0.15) is 47.0 Å². The highest BCUT2D eigenvalue weighted by Gasteiger charge is 2.32. The molecule has 2 N–H and O–H groups in total. The number of carbonyl (C=O) groups is 2. The number of hydrogen-bond donors (Lipinski definition) is 1. The molecule has 0 spiro atoms. The highest BCUT2D eigenvalue weighted by Crippen LogP contribution is 2.21. The Hall–Kier alpha value is -1.30. The van der Waals surface area contributed by atoms with E-state index in [1.807, 2.05) is 20.8 Å². The zero-order valence-electron chi connectivity index (χ0n) is 13.9. The summed E-state index contributed by atoms with van der Waals surface area (Å²) >= 11 is 0. The van der Waals surface area contributed by atoms with Gasteiger partial charge in [0.1, 0.15) is 5.60 Å². The molecular formula is C15H29N3O3. The van der Waals surface area contributed by atoms with Crippen LogP contribution in [-0.4, -0.2) is 59.6 Å². The largest absolute Gasteiger partial charge is 0.444 e. The van der Waals surface area contributed by atoms with Crippen molar-refractivity contribution in [1.29, 1.82) is 0 Å². The maximum Gasteiger partial charge on any atom is 0.410 e. The van der Waals surface area contributed by atoms with E-state index in [0.29, 0.717) is 13.1 Å². The molecule has 0 radical (unpaired) electrons. The highest BCUT2D eigenvalue weighted by atomic mass is 16.6. The monoisotopic (exact) mass is 299 g/mol. The molecule has 1 saturated heterocycles. The fourth-order valence-electron chi connectivity index (χ4n) is 2.51. The number of ether oxygens (including phenoxy) is 1. The topological polar surface area (TPSA) is 75.9 Å². The molecule has 0 aromatic heterocycles. The van der Waals surface area contributed by atoms with Crippen molar-refractivity contribution in [2.24, 2.45) is 5.73 Å². The number of amides is 2. The molecule has 0 bridgehead atoms. The van der Waals surface area contributed by atoms with Crippen molar-refractivity contribution in [3.05, 3.63) is 0 Å². The molecule has 1 aliphatic heterocycles. The Kier molecular flexibility index (Phi) is 6.01. The first-order valence-corrected chi connectivity index (χ1v) is 7.62. The van der Waals surface area contributed by atoms with E-state index in [2.05, 4.69) is 0 Å². The number of nitrogens with two attached hydrogens (primary N) is 1. The van der Waals surface area contributed by atoms with Crippen LogP contribution in [0.2, 0.25) is 0 Å². The molecule has 2 amide bonds. The van der Waals surface area contributed by atoms with Crippen LogP contribution in [0.15, 0.2) is 0 Å². The summed E-state index contributed by atoms with van der Waals surface area (Å²) < 4.78 is 5.46. The highest BCUT2D eigenvalue weighted by molar-refractivity contribution is 5.81. The quantitative estimate of drug-likeness (QED) is 0.858. The van der Waals surface area contributed by atoms with Crippen molar-refractivity contribution in [2.75, 3.05) is 20.1 Å². The van der Waals surface area contributed by atoms with Gasteiger partial charge in [-0.3, -0.25) is 4.79 Å². The molecular weight excluding hydrogens is 270 g/mol. The van der Waals surface area contributed by atoms with E-state index in [4.69, 9.17) is 10.5 Å². The minimum Gasteiger partial charge on any atom is -0.444 e. The molecule has 1 heterocycles. The summed E-state index contributed by atoms with van der Waals surface area (Å²) in [7, 11) is 1.73. The lowest BCUT2D eigenvalue weighted by atomic mass is 10.0. The van der Waals surface area contributed by atoms with Crippen LogP contribution >= 0.6 is 0 Å². The van der Waals surface area contributed by atoms with Gasteiger partial charge in [0.05, 0.1) is 12.1 Å². The lowest BCUT2D eigenvalue weighted by molar-refractivity contribution is -0.131. The van der Waals surface area contributed by atoms with Gasteiger partial charge in [0.2, 0.25) is 5.91 Å². The van der Waals surface area contributed by atoms with Crippen molar-refractivity contribution in [1.82, 2.24) is 9.80 Å². The number of piperidine rings is 1. The Labute approximate surface area is 127 Å². The summed E-state index contributed by atoms with van der Waals surface area (Å²) in [6.45, 7) is 8.42. The van der Waals surface area contributed by atoms with Gasteiger partial charge < -0.3 is 20.3 Å². The smallest absolute Gasteiger partial charge is 0.410 e. The van der Waals surface area contributed by atoms with E-state index in [-0.39, 0.29) is 18.0 Å². The third kappa shape index (κ3) is 5.53. The van der Waals surface area contributed by atoms with Gasteiger partial charge in [-0.25, -0.2) is 4.79 Å². The number of rotatable bonds is 3. The lowest BCUT2D eigenvalue weighted by Crippen LogP contribution is -2.52. The Bertz CT molecular complexity index is 377. The van der Waals surface area contributed by atoms with Crippen molar-refractivity contribution in [3.63, 3.8) is 0 Å². The maximum absolute atomic E-state index is 12.3. The van der Waals surface area contributed by atoms with Crippen molar-refractivity contribution in [3.8, 4) is 0 Å². The third-order valence-electron chi connectivity index (χ3n) is 3.51. The number of nitrogens with zero attached hydrogens (tertiary/aromatic N) is 2. The van der Waals surface area contributed by atoms with E-state index in [1.165, 1.54) is 0 Å². The molecule has 0 aliphatic carbocycles. The number of carbonyl (C=O) groups excluding carboxylic acids is 2. The molecule has 2 unspecified atom stereocenters. The number of likely N-dealkylation sites (tertiary alicyclic amines) is 1. The van der Waals surface area contributed by atoms with Gasteiger partial charge in [0.25, 0.3) is 0 Å². The number of likely N-dealkylation sites (N-methyl/N-ethyl adjacent to an activating group) is 1. The van der Waals surface area contributed by atoms with Gasteiger partial charge in [-0.1, -0.05) is 0 Å². The average Bonchev–Trinajstić information content (AvgIpc) is 2.36. The molecule has 1 fully saturated rings. The average molecular weight is 299 g/mol. The fourth-order valence-corrected chi connectivity index (χ4v) is 2.51. The van der Waals surface area contributed by atoms with Crippen LogP contribution < -0.4 is 5.73 Å². The van der Waals surface area contributed by atoms with E-state index in [1.54, 1.807) is 23.8 Å². The lowest BCUT2D eigenvalue weighted by Gasteiger charge is -2.38. The second-order valence-corrected chi connectivity index (χ2v) is 6.83. The van der Waals surface area contributed by atoms with Crippen LogP contribution in [0, 0.1) is 0 Å². The third-order valence-corrected chi connectivity index (χ3v) is 3.51. The van der Waals surface area contributed by atoms with Crippen LogP contribution in [0.25, 0.3) is 0 Å². The minimum absolute atomic E-state index is 0.00120. The zero-order valence-corrected chi connectivity index (χ0v) is 13.9. The van der Waals surface area contributed by atoms with Gasteiger partial charge in [-0.15, -0.1) is 0 Å². The Morgan fingerprint density at radius 3 is 2.52 bits per heavy atom. The normalized spacial score (nSPS) is 20.9. The first-order chi connectivity index (χ1) is 9.61. The maximum atomic E-state index is 12.3. The summed E-state index contributed by atoms with van der Waals surface area (Å²) in [6, 6.07) is -0.519. The van der Waals surface area contributed by atoms with Gasteiger partial charge in [0, 0.05) is 20.1 Å². The van der Waals surface area contributed by atoms with Gasteiger partial charge in [-0.05, 0) is 47.0 Å². The molecule has 2 atom stereocenters. The first-order valence-electron chi connectivity index (χ1n) is 7.62. The summed E-state index contributed by atoms with van der Waals surface area (Å²) in [5.41, 5.74) is 5.12. The predicted octanol–water partition coefficient (Wildman–Crippen LogP) is 1.58. The second-order valence-electron chi connectivity index (χ2n) is 6.83. The van der Waals surface area contributed by atoms with Crippen LogP contribution in [-0.2, 0) is 9.53 Å². The van der Waals surface area contributed by atoms with Gasteiger partial charge >= 0.3 is 6.09 Å². The van der Waals surface area contributed by atoms with E-state index in [9.17, 15) is 9.59 Å². The summed E-state index contributed by atoms with van der Waals surface area (Å²) in [6.07, 6.45) is 2.62. The van der Waals surface area contributed by atoms with Crippen molar-refractivity contribution < 1.29 is 14.3 Å². The van der Waals surface area contributed by atoms with Crippen molar-refractivity contribution >= 4 is 12.0 Å². The van der Waals surface area contributed by atoms with Crippen molar-refractivity contribution in [2.45, 2.75) is 64.6 Å². The molecule has 21 heavy (non-hydrogen) atoms. The Morgan fingerprint density at radius 2 is 2.00 bits per heavy atom. The molecule has 1 aliphatic rings. The zero-order chi connectivity index (χ0) is 16.2. The standard InChI is InChI=1S/C15H29N3O3/c1-11(16)13(19)17(5)10-12-8-6-7-9-18(12)14(20)21-15(2,3)4/h11-12H,6-10,16H2,1-5H3. The van der Waals surface area contributed by atoms with Gasteiger partial charge in [0.15, 0.2) is 0 Å². The van der Waals surface area contributed by atoms with Crippen LogP contribution in [0.3, 0.4) is 0 Å². The predicted molar refractivity (Wildman–Crippen MR) is 81.9 cm³/mol. The Morgan fingerprint density at radius 1 is 1.38 bits per heavy atom. The Balaban J connectivity index is 2.69. The molecule has 122 valence electrons.